The molecule has 0 unspecified atom stereocenters. The van der Waals surface area contributed by atoms with Gasteiger partial charge in [0.05, 0.1) is 4.92 Å². The smallest absolute Gasteiger partial charge is 0.269 e. The maximum absolute atomic E-state index is 10.7. The number of aryl methyl sites for hydroxylation is 1. The van der Waals surface area contributed by atoms with Gasteiger partial charge in [0, 0.05) is 24.9 Å². The largest absolute Gasteiger partial charge is 0.489 e. The fourth-order valence-electron chi connectivity index (χ4n) is 1.91. The van der Waals surface area contributed by atoms with Crippen molar-refractivity contribution in [1.82, 2.24) is 4.98 Å². The zero-order valence-electron chi connectivity index (χ0n) is 12.0. The molecule has 6 heteroatoms. The van der Waals surface area contributed by atoms with Gasteiger partial charge in [-0.2, -0.15) is 0 Å². The molecule has 0 saturated carbocycles. The van der Waals surface area contributed by atoms with E-state index in [0.29, 0.717) is 12.4 Å². The Hall–Kier alpha value is -2.63. The summed E-state index contributed by atoms with van der Waals surface area (Å²) in [5, 5.41) is 13.8. The summed E-state index contributed by atoms with van der Waals surface area (Å²) in [6, 6.07) is 8.37. The number of nitrogens with one attached hydrogen (secondary N) is 1. The second kappa shape index (κ2) is 6.69. The summed E-state index contributed by atoms with van der Waals surface area (Å²) in [6.07, 6.45) is 1.72. The minimum absolute atomic E-state index is 0.0678. The fraction of sp³-hybridized carbons (Fsp3) is 0.267. The quantitative estimate of drug-likeness (QED) is 0.651. The zero-order chi connectivity index (χ0) is 15.2. The van der Waals surface area contributed by atoms with Gasteiger partial charge >= 0.3 is 0 Å². The lowest BCUT2D eigenvalue weighted by molar-refractivity contribution is -0.384. The highest BCUT2D eigenvalue weighted by molar-refractivity contribution is 5.43. The van der Waals surface area contributed by atoms with E-state index in [1.165, 1.54) is 12.1 Å². The summed E-state index contributed by atoms with van der Waals surface area (Å²) in [6.45, 7) is 4.99. The molecule has 1 aromatic heterocycles. The van der Waals surface area contributed by atoms with Crippen LogP contribution in [0.5, 0.6) is 5.75 Å². The molecule has 0 aliphatic carbocycles. The van der Waals surface area contributed by atoms with E-state index in [9.17, 15) is 10.1 Å². The van der Waals surface area contributed by atoms with Gasteiger partial charge in [0.1, 0.15) is 18.2 Å². The Balaban J connectivity index is 2.06. The second-order valence-corrected chi connectivity index (χ2v) is 4.58. The number of anilines is 1. The third-order valence-electron chi connectivity index (χ3n) is 2.95. The van der Waals surface area contributed by atoms with Crippen LogP contribution in [0.15, 0.2) is 36.5 Å². The molecule has 21 heavy (non-hydrogen) atoms. The minimum atomic E-state index is -0.414. The third-order valence-corrected chi connectivity index (χ3v) is 2.95. The summed E-state index contributed by atoms with van der Waals surface area (Å²) in [7, 11) is 0. The van der Waals surface area contributed by atoms with E-state index in [4.69, 9.17) is 4.74 Å². The van der Waals surface area contributed by atoms with Crippen LogP contribution in [-0.4, -0.2) is 16.5 Å². The number of nitrogens with zero attached hydrogens (tertiary/aromatic N) is 2. The molecule has 0 radical (unpaired) electrons. The van der Waals surface area contributed by atoms with E-state index in [1.807, 2.05) is 19.1 Å². The van der Waals surface area contributed by atoms with Crippen LogP contribution < -0.4 is 10.1 Å². The molecule has 0 spiro atoms. The average Bonchev–Trinajstić information content (AvgIpc) is 2.46. The first-order valence-electron chi connectivity index (χ1n) is 6.66. The van der Waals surface area contributed by atoms with Crippen molar-refractivity contribution in [2.45, 2.75) is 20.5 Å². The number of hydrogen-bond donors (Lipinski definition) is 1. The zero-order valence-corrected chi connectivity index (χ0v) is 12.0. The SMILES string of the molecule is CCNc1cc(COc2ccc([N+](=O)[O-])cc2C)ccn1. The summed E-state index contributed by atoms with van der Waals surface area (Å²) in [5.74, 6) is 1.45. The first-order valence-corrected chi connectivity index (χ1v) is 6.66. The van der Waals surface area contributed by atoms with E-state index in [-0.39, 0.29) is 5.69 Å². The van der Waals surface area contributed by atoms with Crippen LogP contribution in [0.2, 0.25) is 0 Å². The standard InChI is InChI=1S/C15H17N3O3/c1-3-16-15-9-12(6-7-17-15)10-21-14-5-4-13(18(19)20)8-11(14)2/h4-9H,3,10H2,1-2H3,(H,16,17). The van der Waals surface area contributed by atoms with Gasteiger partial charge in [-0.05, 0) is 43.2 Å². The predicted molar refractivity (Wildman–Crippen MR) is 80.6 cm³/mol. The maximum atomic E-state index is 10.7. The molecule has 0 fully saturated rings. The molecule has 0 atom stereocenters. The monoisotopic (exact) mass is 287 g/mol. The van der Waals surface area contributed by atoms with E-state index >= 15 is 0 Å². The Morgan fingerprint density at radius 3 is 2.81 bits per heavy atom. The lowest BCUT2D eigenvalue weighted by Gasteiger charge is -2.10. The molecule has 0 saturated heterocycles. The second-order valence-electron chi connectivity index (χ2n) is 4.58. The molecule has 2 aromatic rings. The van der Waals surface area contributed by atoms with Gasteiger partial charge in [-0.1, -0.05) is 0 Å². The van der Waals surface area contributed by atoms with Gasteiger partial charge in [-0.15, -0.1) is 0 Å². The average molecular weight is 287 g/mol. The Morgan fingerprint density at radius 2 is 2.14 bits per heavy atom. The van der Waals surface area contributed by atoms with Crippen molar-refractivity contribution in [2.75, 3.05) is 11.9 Å². The van der Waals surface area contributed by atoms with Crippen molar-refractivity contribution in [3.63, 3.8) is 0 Å². The summed E-state index contributed by atoms with van der Waals surface area (Å²) >= 11 is 0. The molecule has 1 N–H and O–H groups in total. The number of ether oxygens (including phenoxy) is 1. The molecule has 1 heterocycles. The van der Waals surface area contributed by atoms with Crippen molar-refractivity contribution >= 4 is 11.5 Å². The van der Waals surface area contributed by atoms with Crippen LogP contribution >= 0.6 is 0 Å². The third kappa shape index (κ3) is 3.92. The summed E-state index contributed by atoms with van der Waals surface area (Å²) in [4.78, 5) is 14.5. The normalized spacial score (nSPS) is 10.2. The van der Waals surface area contributed by atoms with Crippen molar-refractivity contribution in [1.29, 1.82) is 0 Å². The highest BCUT2D eigenvalue weighted by Gasteiger charge is 2.09. The number of aromatic nitrogens is 1. The van der Waals surface area contributed by atoms with Crippen molar-refractivity contribution in [3.8, 4) is 5.75 Å². The summed E-state index contributed by atoms with van der Waals surface area (Å²) in [5.41, 5.74) is 1.79. The molecular weight excluding hydrogens is 270 g/mol. The molecule has 6 nitrogen and oxygen atoms in total. The Bertz CT molecular complexity index is 644. The number of nitro benzene ring substituents is 1. The molecule has 0 aliphatic rings. The molecule has 2 rings (SSSR count). The van der Waals surface area contributed by atoms with Gasteiger partial charge < -0.3 is 10.1 Å². The van der Waals surface area contributed by atoms with Gasteiger partial charge in [-0.3, -0.25) is 10.1 Å². The van der Waals surface area contributed by atoms with Gasteiger partial charge in [0.2, 0.25) is 0 Å². The lowest BCUT2D eigenvalue weighted by Crippen LogP contribution is -2.02. The van der Waals surface area contributed by atoms with Crippen molar-refractivity contribution in [3.05, 3.63) is 57.8 Å². The van der Waals surface area contributed by atoms with Gasteiger partial charge in [0.15, 0.2) is 0 Å². The topological polar surface area (TPSA) is 77.3 Å². The van der Waals surface area contributed by atoms with Crippen LogP contribution in [0, 0.1) is 17.0 Å². The highest BCUT2D eigenvalue weighted by atomic mass is 16.6. The molecule has 1 aromatic carbocycles. The number of non-ortho nitro benzene ring substituents is 1. The van der Waals surface area contributed by atoms with Crippen LogP contribution in [0.25, 0.3) is 0 Å². The van der Waals surface area contributed by atoms with Gasteiger partial charge in [0.25, 0.3) is 5.69 Å². The molecule has 0 amide bonds. The van der Waals surface area contributed by atoms with E-state index in [0.717, 1.165) is 23.5 Å². The van der Waals surface area contributed by atoms with Crippen molar-refractivity contribution < 1.29 is 9.66 Å². The predicted octanol–water partition coefficient (Wildman–Crippen LogP) is 3.31. The highest BCUT2D eigenvalue weighted by Crippen LogP contribution is 2.24. The number of benzene rings is 1. The van der Waals surface area contributed by atoms with Crippen LogP contribution in [0.3, 0.4) is 0 Å². The van der Waals surface area contributed by atoms with Crippen LogP contribution in [0.4, 0.5) is 11.5 Å². The fourth-order valence-corrected chi connectivity index (χ4v) is 1.91. The van der Waals surface area contributed by atoms with E-state index < -0.39 is 4.92 Å². The molecule has 0 aliphatic heterocycles. The first kappa shape index (κ1) is 14.8. The maximum Gasteiger partial charge on any atom is 0.269 e. The summed E-state index contributed by atoms with van der Waals surface area (Å²) < 4.78 is 5.71. The van der Waals surface area contributed by atoms with E-state index in [1.54, 1.807) is 19.2 Å². The number of pyridine rings is 1. The lowest BCUT2D eigenvalue weighted by atomic mass is 10.2. The number of rotatable bonds is 6. The van der Waals surface area contributed by atoms with Crippen LogP contribution in [-0.2, 0) is 6.61 Å². The molecule has 0 bridgehead atoms. The Labute approximate surface area is 122 Å². The van der Waals surface area contributed by atoms with Crippen LogP contribution in [0.1, 0.15) is 18.1 Å². The minimum Gasteiger partial charge on any atom is -0.489 e. The molecule has 110 valence electrons. The van der Waals surface area contributed by atoms with E-state index in [2.05, 4.69) is 10.3 Å². The van der Waals surface area contributed by atoms with Crippen molar-refractivity contribution in [2.24, 2.45) is 0 Å². The Morgan fingerprint density at radius 1 is 1.33 bits per heavy atom. The molecular formula is C15H17N3O3. The number of hydrogen-bond acceptors (Lipinski definition) is 5. The van der Waals surface area contributed by atoms with Gasteiger partial charge in [-0.25, -0.2) is 4.98 Å². The Kier molecular flexibility index (Phi) is 4.71. The first-order chi connectivity index (χ1) is 10.1. The number of nitro groups is 1.